The first-order valence-electron chi connectivity index (χ1n) is 7.16. The van der Waals surface area contributed by atoms with E-state index in [0.29, 0.717) is 37.1 Å². The number of thiocarbonyl (C=S) groups is 1. The number of nitrogens with zero attached hydrogens (tertiary/aromatic N) is 4. The van der Waals surface area contributed by atoms with E-state index in [0.717, 1.165) is 0 Å². The van der Waals surface area contributed by atoms with Gasteiger partial charge in [-0.15, -0.1) is 10.2 Å². The monoisotopic (exact) mass is 368 g/mol. The molecule has 1 aromatic carbocycles. The van der Waals surface area contributed by atoms with Gasteiger partial charge in [-0.1, -0.05) is 0 Å². The fraction of sp³-hybridized carbons (Fsp3) is 0.308. The molecule has 1 saturated heterocycles. The van der Waals surface area contributed by atoms with Gasteiger partial charge < -0.3 is 10.1 Å². The first-order valence-corrected chi connectivity index (χ1v) is 9.01. The minimum Gasteiger partial charge on any atom is -0.379 e. The first kappa shape index (κ1) is 16.8. The van der Waals surface area contributed by atoms with Crippen LogP contribution in [0.3, 0.4) is 0 Å². The quantitative estimate of drug-likeness (QED) is 0.740. The Morgan fingerprint density at radius 2 is 1.75 bits per heavy atom. The van der Waals surface area contributed by atoms with Crippen LogP contribution in [0.5, 0.6) is 0 Å². The lowest BCUT2D eigenvalue weighted by molar-refractivity contribution is 0.0730. The number of benzene rings is 1. The summed E-state index contributed by atoms with van der Waals surface area (Å²) in [6, 6.07) is 6.42. The summed E-state index contributed by atoms with van der Waals surface area (Å²) in [5.74, 6) is 0. The molecule has 0 aliphatic carbocycles. The predicted molar refractivity (Wildman–Crippen MR) is 91.6 cm³/mol. The molecule has 0 atom stereocenters. The second-order valence-corrected chi connectivity index (χ2v) is 7.32. The second kappa shape index (κ2) is 7.21. The zero-order valence-corrected chi connectivity index (χ0v) is 14.3. The van der Waals surface area contributed by atoms with Crippen LogP contribution in [0, 0.1) is 0 Å². The highest BCUT2D eigenvalue weighted by Gasteiger charge is 2.26. The van der Waals surface area contributed by atoms with Crippen LogP contribution in [0.2, 0.25) is 0 Å². The number of rotatable bonds is 4. The van der Waals surface area contributed by atoms with Crippen LogP contribution in [-0.4, -0.2) is 59.0 Å². The molecule has 0 amide bonds. The first-order chi connectivity index (χ1) is 11.6. The number of anilines is 1. The highest BCUT2D eigenvalue weighted by atomic mass is 32.2. The largest absolute Gasteiger partial charge is 0.379 e. The van der Waals surface area contributed by atoms with Crippen molar-refractivity contribution in [3.05, 3.63) is 36.9 Å². The van der Waals surface area contributed by atoms with Gasteiger partial charge in [-0.3, -0.25) is 5.43 Å². The van der Waals surface area contributed by atoms with E-state index in [4.69, 9.17) is 17.0 Å². The Morgan fingerprint density at radius 1 is 1.12 bits per heavy atom. The fourth-order valence-electron chi connectivity index (χ4n) is 2.18. The van der Waals surface area contributed by atoms with Gasteiger partial charge in [0.25, 0.3) is 0 Å². The summed E-state index contributed by atoms with van der Waals surface area (Å²) in [5, 5.41) is 10.6. The summed E-state index contributed by atoms with van der Waals surface area (Å²) >= 11 is 5.15. The van der Waals surface area contributed by atoms with Crippen LogP contribution in [0.4, 0.5) is 5.69 Å². The van der Waals surface area contributed by atoms with E-state index < -0.39 is 10.0 Å². The van der Waals surface area contributed by atoms with Crippen LogP contribution in [0.1, 0.15) is 0 Å². The summed E-state index contributed by atoms with van der Waals surface area (Å²) in [6.07, 6.45) is 2.93. The normalized spacial score (nSPS) is 15.8. The van der Waals surface area contributed by atoms with Crippen LogP contribution in [0.15, 0.2) is 41.8 Å². The predicted octanol–water partition coefficient (Wildman–Crippen LogP) is 0.239. The van der Waals surface area contributed by atoms with Crippen molar-refractivity contribution in [3.63, 3.8) is 0 Å². The number of sulfonamides is 1. The Bertz CT molecular complexity index is 786. The minimum absolute atomic E-state index is 0.243. The zero-order chi connectivity index (χ0) is 17.0. The van der Waals surface area contributed by atoms with Crippen molar-refractivity contribution in [1.29, 1.82) is 0 Å². The number of ether oxygens (including phenoxy) is 1. The molecule has 9 nitrogen and oxygen atoms in total. The molecule has 3 rings (SSSR count). The molecule has 11 heteroatoms. The molecular weight excluding hydrogens is 352 g/mol. The summed E-state index contributed by atoms with van der Waals surface area (Å²) in [6.45, 7) is 1.58. The summed E-state index contributed by atoms with van der Waals surface area (Å²) in [7, 11) is -3.49. The fourth-order valence-corrected chi connectivity index (χ4v) is 3.81. The summed E-state index contributed by atoms with van der Waals surface area (Å²) in [5.41, 5.74) is 3.51. The van der Waals surface area contributed by atoms with Crippen molar-refractivity contribution in [2.45, 2.75) is 4.90 Å². The minimum atomic E-state index is -3.49. The number of hydrogen-bond acceptors (Lipinski definition) is 6. The van der Waals surface area contributed by atoms with Gasteiger partial charge >= 0.3 is 0 Å². The van der Waals surface area contributed by atoms with Gasteiger partial charge in [-0.05, 0) is 36.5 Å². The molecule has 2 N–H and O–H groups in total. The van der Waals surface area contributed by atoms with Gasteiger partial charge in [0.05, 0.1) is 18.1 Å². The van der Waals surface area contributed by atoms with E-state index in [9.17, 15) is 8.42 Å². The van der Waals surface area contributed by atoms with Gasteiger partial charge in [0.2, 0.25) is 10.0 Å². The van der Waals surface area contributed by atoms with Gasteiger partial charge in [-0.2, -0.15) is 4.31 Å². The molecule has 2 aromatic rings. The third-order valence-electron chi connectivity index (χ3n) is 3.37. The lowest BCUT2D eigenvalue weighted by Crippen LogP contribution is -2.40. The standard InChI is InChI=1S/C13H16N6O3S2/c20-24(21,19-5-7-22-8-6-19)12-3-1-11(2-4-12)16-13(23)17-18-9-14-15-10-18/h1-4,9-10H,5-8H2,(H2,16,17,23). The second-order valence-electron chi connectivity index (χ2n) is 4.98. The van der Waals surface area contributed by atoms with E-state index >= 15 is 0 Å². The summed E-state index contributed by atoms with van der Waals surface area (Å²) in [4.78, 5) is 0.243. The molecule has 24 heavy (non-hydrogen) atoms. The molecule has 0 saturated carbocycles. The molecule has 128 valence electrons. The lowest BCUT2D eigenvalue weighted by atomic mass is 10.3. The Kier molecular flexibility index (Phi) is 5.04. The Balaban J connectivity index is 1.65. The van der Waals surface area contributed by atoms with E-state index in [2.05, 4.69) is 20.9 Å². The SMILES string of the molecule is O=S(=O)(c1ccc(NC(=S)Nn2cnnc2)cc1)N1CCOCC1. The van der Waals surface area contributed by atoms with Crippen molar-refractivity contribution >= 4 is 33.0 Å². The van der Waals surface area contributed by atoms with Crippen LogP contribution in [-0.2, 0) is 14.8 Å². The molecule has 0 spiro atoms. The van der Waals surface area contributed by atoms with Gasteiger partial charge in [-0.25, -0.2) is 13.1 Å². The van der Waals surface area contributed by atoms with Gasteiger partial charge in [0.15, 0.2) is 5.11 Å². The van der Waals surface area contributed by atoms with Crippen LogP contribution in [0.25, 0.3) is 0 Å². The third kappa shape index (κ3) is 3.87. The molecule has 1 aliphatic rings. The average Bonchev–Trinajstić information content (AvgIpc) is 3.09. The van der Waals surface area contributed by atoms with Crippen LogP contribution < -0.4 is 10.7 Å². The molecule has 1 aromatic heterocycles. The van der Waals surface area contributed by atoms with Crippen molar-refractivity contribution < 1.29 is 13.2 Å². The number of aromatic nitrogens is 3. The Hall–Kier alpha value is -2.08. The smallest absolute Gasteiger partial charge is 0.243 e. The summed E-state index contributed by atoms with van der Waals surface area (Å²) < 4.78 is 33.2. The Labute approximate surface area is 144 Å². The number of morpholine rings is 1. The maximum absolute atomic E-state index is 12.5. The van der Waals surface area contributed by atoms with Crippen LogP contribution >= 0.6 is 12.2 Å². The van der Waals surface area contributed by atoms with E-state index in [1.807, 2.05) is 0 Å². The maximum atomic E-state index is 12.5. The molecule has 1 fully saturated rings. The van der Waals surface area contributed by atoms with E-state index in [1.165, 1.54) is 21.6 Å². The van der Waals surface area contributed by atoms with Crippen molar-refractivity contribution in [2.75, 3.05) is 37.0 Å². The van der Waals surface area contributed by atoms with E-state index in [-0.39, 0.29) is 4.90 Å². The molecular formula is C13H16N6O3S2. The number of hydrogen-bond donors (Lipinski definition) is 2. The average molecular weight is 368 g/mol. The van der Waals surface area contributed by atoms with Gasteiger partial charge in [0, 0.05) is 18.8 Å². The van der Waals surface area contributed by atoms with Crippen molar-refractivity contribution in [1.82, 2.24) is 19.2 Å². The lowest BCUT2D eigenvalue weighted by Gasteiger charge is -2.26. The topological polar surface area (TPSA) is 101 Å². The maximum Gasteiger partial charge on any atom is 0.243 e. The molecule has 0 unspecified atom stereocenters. The molecule has 0 radical (unpaired) electrons. The van der Waals surface area contributed by atoms with Gasteiger partial charge in [0.1, 0.15) is 12.7 Å². The third-order valence-corrected chi connectivity index (χ3v) is 5.48. The highest BCUT2D eigenvalue weighted by molar-refractivity contribution is 7.89. The molecule has 1 aliphatic heterocycles. The zero-order valence-electron chi connectivity index (χ0n) is 12.6. The molecule has 0 bridgehead atoms. The molecule has 2 heterocycles. The highest BCUT2D eigenvalue weighted by Crippen LogP contribution is 2.19. The Morgan fingerprint density at radius 3 is 2.38 bits per heavy atom. The van der Waals surface area contributed by atoms with Crippen molar-refractivity contribution in [2.24, 2.45) is 0 Å². The van der Waals surface area contributed by atoms with E-state index in [1.54, 1.807) is 24.3 Å². The van der Waals surface area contributed by atoms with Crippen molar-refractivity contribution in [3.8, 4) is 0 Å². The number of nitrogens with one attached hydrogen (secondary N) is 2.